The van der Waals surface area contributed by atoms with E-state index in [1.807, 2.05) is 49.1 Å². The number of nitrogens with zero attached hydrogens (tertiary/aromatic N) is 1. The zero-order valence-corrected chi connectivity index (χ0v) is 25.5. The number of rotatable bonds is 11. The van der Waals surface area contributed by atoms with Gasteiger partial charge in [-0.15, -0.1) is 0 Å². The highest BCUT2D eigenvalue weighted by Gasteiger charge is 2.42. The van der Waals surface area contributed by atoms with E-state index in [0.717, 1.165) is 49.8 Å². The van der Waals surface area contributed by atoms with E-state index >= 15 is 0 Å². The third kappa shape index (κ3) is 9.45. The average Bonchev–Trinajstić information content (AvgIpc) is 3.28. The Kier molecular flexibility index (Phi) is 14.2. The van der Waals surface area contributed by atoms with Crippen molar-refractivity contribution in [2.45, 2.75) is 105 Å². The van der Waals surface area contributed by atoms with Crippen LogP contribution in [0.15, 0.2) is 52.7 Å². The number of allylic oxidation sites excluding steroid dienone is 4. The monoisotopic (exact) mass is 540 g/mol. The summed E-state index contributed by atoms with van der Waals surface area (Å²) in [7, 11) is 0. The summed E-state index contributed by atoms with van der Waals surface area (Å²) < 4.78 is 17.6. The number of carbonyl (C=O) groups is 1. The molecule has 6 heteroatoms. The molecule has 4 rings (SSSR count). The molecule has 2 aromatic rings. The molecule has 0 fully saturated rings. The molecule has 1 amide bonds. The second-order valence-electron chi connectivity index (χ2n) is 10.5. The molecule has 1 unspecified atom stereocenters. The lowest BCUT2D eigenvalue weighted by Crippen LogP contribution is -2.58. The summed E-state index contributed by atoms with van der Waals surface area (Å²) in [5.41, 5.74) is 0.300. The predicted molar refractivity (Wildman–Crippen MR) is 162 cm³/mol. The topological polar surface area (TPSA) is 63.9 Å². The van der Waals surface area contributed by atoms with Gasteiger partial charge in [0.1, 0.15) is 12.2 Å². The number of nitrogens with one attached hydrogen (secondary N) is 1. The highest BCUT2D eigenvalue weighted by atomic mass is 16.5. The number of furan rings is 1. The van der Waals surface area contributed by atoms with Gasteiger partial charge in [-0.25, -0.2) is 0 Å². The van der Waals surface area contributed by atoms with Gasteiger partial charge < -0.3 is 24.1 Å². The zero-order chi connectivity index (χ0) is 28.7. The maximum Gasteiger partial charge on any atom is 0.294 e. The molecule has 0 radical (unpaired) electrons. The van der Waals surface area contributed by atoms with Gasteiger partial charge in [-0.2, -0.15) is 0 Å². The zero-order valence-electron chi connectivity index (χ0n) is 25.5. The number of benzene rings is 1. The summed E-state index contributed by atoms with van der Waals surface area (Å²) in [4.78, 5) is 15.3. The minimum atomic E-state index is -0.402. The SMILES string of the molecule is CC.CC(C)OC1=CC=CCC1.CCCCCNCC1(C)COc2c(oc3ccccc23)C(=O)N1CCCC. The molecular formula is C33H52N2O4. The van der Waals surface area contributed by atoms with Crippen LogP contribution in [0.25, 0.3) is 11.0 Å². The highest BCUT2D eigenvalue weighted by Crippen LogP contribution is 2.38. The molecule has 0 saturated heterocycles. The van der Waals surface area contributed by atoms with E-state index < -0.39 is 5.54 Å². The van der Waals surface area contributed by atoms with Crippen molar-refractivity contribution in [1.29, 1.82) is 0 Å². The van der Waals surface area contributed by atoms with Gasteiger partial charge in [0.05, 0.1) is 22.8 Å². The molecule has 218 valence electrons. The number of ether oxygens (including phenoxy) is 2. The molecule has 0 bridgehead atoms. The predicted octanol–water partition coefficient (Wildman–Crippen LogP) is 8.28. The van der Waals surface area contributed by atoms with Gasteiger partial charge in [-0.05, 0) is 64.8 Å². The van der Waals surface area contributed by atoms with Crippen molar-refractivity contribution in [2.75, 3.05) is 26.2 Å². The number of carbonyl (C=O) groups excluding carboxylic acids is 1. The summed E-state index contributed by atoms with van der Waals surface area (Å²) in [5.74, 6) is 1.98. The smallest absolute Gasteiger partial charge is 0.294 e. The Hall–Kier alpha value is -2.73. The number of unbranched alkanes of at least 4 members (excludes halogenated alkanes) is 3. The third-order valence-electron chi connectivity index (χ3n) is 6.73. The molecule has 1 aromatic heterocycles. The Bertz CT molecular complexity index is 1060. The van der Waals surface area contributed by atoms with E-state index in [1.54, 1.807) is 0 Å². The molecule has 1 aromatic carbocycles. The van der Waals surface area contributed by atoms with Crippen LogP contribution in [-0.4, -0.2) is 48.7 Å². The normalized spacial score (nSPS) is 18.3. The van der Waals surface area contributed by atoms with Crippen LogP contribution < -0.4 is 10.1 Å². The van der Waals surface area contributed by atoms with Crippen LogP contribution in [0.1, 0.15) is 104 Å². The first kappa shape index (κ1) is 32.5. The minimum Gasteiger partial charge on any atom is -0.495 e. The molecule has 2 heterocycles. The van der Waals surface area contributed by atoms with E-state index in [4.69, 9.17) is 13.9 Å². The minimum absolute atomic E-state index is 0.0648. The lowest BCUT2D eigenvalue weighted by Gasteiger charge is -2.39. The second kappa shape index (κ2) is 17.1. The van der Waals surface area contributed by atoms with Crippen molar-refractivity contribution in [1.82, 2.24) is 10.2 Å². The van der Waals surface area contributed by atoms with Crippen molar-refractivity contribution < 1.29 is 18.7 Å². The van der Waals surface area contributed by atoms with E-state index in [-0.39, 0.29) is 5.91 Å². The molecule has 1 N–H and O–H groups in total. The summed E-state index contributed by atoms with van der Waals surface area (Å²) in [6, 6.07) is 7.69. The summed E-state index contributed by atoms with van der Waals surface area (Å²) in [5, 5.41) is 4.41. The maximum absolute atomic E-state index is 13.4. The van der Waals surface area contributed by atoms with Crippen molar-refractivity contribution >= 4 is 16.9 Å². The largest absolute Gasteiger partial charge is 0.495 e. The maximum atomic E-state index is 13.4. The Morgan fingerprint density at radius 2 is 1.85 bits per heavy atom. The Balaban J connectivity index is 0.000000372. The lowest BCUT2D eigenvalue weighted by molar-refractivity contribution is 0.0394. The molecule has 1 aliphatic carbocycles. The second-order valence-corrected chi connectivity index (χ2v) is 10.5. The van der Waals surface area contributed by atoms with Gasteiger partial charge in [0.15, 0.2) is 5.75 Å². The summed E-state index contributed by atoms with van der Waals surface area (Å²) >= 11 is 0. The van der Waals surface area contributed by atoms with Crippen molar-refractivity contribution in [2.24, 2.45) is 0 Å². The van der Waals surface area contributed by atoms with Gasteiger partial charge >= 0.3 is 0 Å². The quantitative estimate of drug-likeness (QED) is 0.291. The molecule has 6 nitrogen and oxygen atoms in total. The fourth-order valence-electron chi connectivity index (χ4n) is 4.65. The van der Waals surface area contributed by atoms with Crippen LogP contribution >= 0.6 is 0 Å². The fourth-order valence-corrected chi connectivity index (χ4v) is 4.65. The number of hydrogen-bond acceptors (Lipinski definition) is 5. The molecule has 39 heavy (non-hydrogen) atoms. The van der Waals surface area contributed by atoms with Crippen LogP contribution in [0.5, 0.6) is 5.75 Å². The summed E-state index contributed by atoms with van der Waals surface area (Å²) in [6.45, 7) is 17.4. The Labute approximate surface area is 236 Å². The molecule has 1 atom stereocenters. The average molecular weight is 541 g/mol. The van der Waals surface area contributed by atoms with E-state index in [0.29, 0.717) is 42.9 Å². The van der Waals surface area contributed by atoms with E-state index in [1.165, 1.54) is 12.8 Å². The van der Waals surface area contributed by atoms with Crippen molar-refractivity contribution in [3.8, 4) is 5.75 Å². The number of fused-ring (bicyclic) bond motifs is 3. The van der Waals surface area contributed by atoms with Crippen LogP contribution in [0.2, 0.25) is 0 Å². The summed E-state index contributed by atoms with van der Waals surface area (Å²) in [6.07, 6.45) is 14.4. The van der Waals surface area contributed by atoms with Gasteiger partial charge in [0.2, 0.25) is 5.76 Å². The van der Waals surface area contributed by atoms with Gasteiger partial charge in [-0.1, -0.05) is 71.2 Å². The van der Waals surface area contributed by atoms with Gasteiger partial charge in [0.25, 0.3) is 5.91 Å². The first-order valence-electron chi connectivity index (χ1n) is 15.1. The van der Waals surface area contributed by atoms with Crippen LogP contribution in [0.3, 0.4) is 0 Å². The van der Waals surface area contributed by atoms with Crippen molar-refractivity contribution in [3.05, 3.63) is 54.0 Å². The van der Waals surface area contributed by atoms with E-state index in [2.05, 4.69) is 52.1 Å². The highest BCUT2D eigenvalue weighted by molar-refractivity contribution is 6.02. The molecule has 0 saturated carbocycles. The van der Waals surface area contributed by atoms with Crippen LogP contribution in [-0.2, 0) is 4.74 Å². The number of hydrogen-bond donors (Lipinski definition) is 1. The number of para-hydroxylation sites is 1. The fraction of sp³-hybridized carbons (Fsp3) is 0.606. The standard InChI is InChI=1S/C22H32N2O3.C9H14O.C2H6/c1-4-6-10-13-23-15-22(3)16-26-19-17-11-8-9-12-18(17)27-20(19)21(25)24(22)14-7-5-2;1-8(2)10-9-6-4-3-5-7-9;1-2/h8-9,11-12,23H,4-7,10,13-16H2,1-3H3;3-4,6,8H,5,7H2,1-2H3;1-2H3. The number of amides is 1. The molecule has 2 aliphatic rings. The lowest BCUT2D eigenvalue weighted by atomic mass is 9.99. The van der Waals surface area contributed by atoms with Gasteiger partial charge in [-0.3, -0.25) is 4.79 Å². The third-order valence-corrected chi connectivity index (χ3v) is 6.73. The first-order valence-corrected chi connectivity index (χ1v) is 15.1. The molecular weight excluding hydrogens is 488 g/mol. The van der Waals surface area contributed by atoms with Gasteiger partial charge in [0, 0.05) is 19.5 Å². The Morgan fingerprint density at radius 1 is 1.10 bits per heavy atom. The van der Waals surface area contributed by atoms with Crippen molar-refractivity contribution in [3.63, 3.8) is 0 Å². The van der Waals surface area contributed by atoms with E-state index in [9.17, 15) is 4.79 Å². The molecule has 0 spiro atoms. The Morgan fingerprint density at radius 3 is 2.51 bits per heavy atom. The molecule has 1 aliphatic heterocycles. The van der Waals surface area contributed by atoms with Crippen LogP contribution in [0, 0.1) is 0 Å². The first-order chi connectivity index (χ1) is 18.9. The van der Waals surface area contributed by atoms with Crippen LogP contribution in [0.4, 0.5) is 0 Å².